The van der Waals surface area contributed by atoms with Crippen LogP contribution in [0.1, 0.15) is 0 Å². The van der Waals surface area contributed by atoms with Gasteiger partial charge < -0.3 is 8.83 Å². The Balaban J connectivity index is 2.40. The van der Waals surface area contributed by atoms with Crippen molar-refractivity contribution in [1.29, 1.82) is 0 Å². The van der Waals surface area contributed by atoms with Crippen molar-refractivity contribution in [2.75, 3.05) is 0 Å². The van der Waals surface area contributed by atoms with Crippen LogP contribution in [0.5, 0.6) is 0 Å². The summed E-state index contributed by atoms with van der Waals surface area (Å²) >= 11 is 0. The average Bonchev–Trinajstić information content (AvgIpc) is 2.94. The average molecular weight is 229 g/mol. The first-order chi connectivity index (χ1) is 8.27. The number of hydrogen-bond donors (Lipinski definition) is 0. The summed E-state index contributed by atoms with van der Waals surface area (Å²) in [6.07, 6.45) is 1.47. The molecule has 2 heterocycles. The number of nitrogens with zero attached hydrogens (tertiary/aromatic N) is 1. The van der Waals surface area contributed by atoms with E-state index in [-0.39, 0.29) is 5.88 Å². The number of rotatable bonds is 2. The molecule has 2 aromatic heterocycles. The Morgan fingerprint density at radius 2 is 1.94 bits per heavy atom. The van der Waals surface area contributed by atoms with Gasteiger partial charge in [-0.1, -0.05) is 18.2 Å². The molecule has 0 fully saturated rings. The summed E-state index contributed by atoms with van der Waals surface area (Å²) < 4.78 is 10.4. The van der Waals surface area contributed by atoms with Crippen LogP contribution in [0, 0.1) is 10.1 Å². The zero-order valence-electron chi connectivity index (χ0n) is 8.62. The fourth-order valence-corrected chi connectivity index (χ4v) is 1.82. The van der Waals surface area contributed by atoms with Crippen LogP contribution in [0.3, 0.4) is 0 Å². The molecule has 1 aromatic carbocycles. The molecule has 0 amide bonds. The number of hydrogen-bond acceptors (Lipinski definition) is 4. The highest BCUT2D eigenvalue weighted by atomic mass is 16.6. The van der Waals surface area contributed by atoms with Crippen molar-refractivity contribution in [3.05, 3.63) is 52.8 Å². The van der Waals surface area contributed by atoms with Crippen molar-refractivity contribution in [2.45, 2.75) is 0 Å². The lowest BCUT2D eigenvalue weighted by molar-refractivity contribution is -0.400. The predicted octanol–water partition coefficient (Wildman–Crippen LogP) is 3.60. The van der Waals surface area contributed by atoms with Crippen LogP contribution in [0.15, 0.2) is 51.5 Å². The molecular formula is C12H7NO4. The maximum Gasteiger partial charge on any atom is 0.445 e. The Bertz CT molecular complexity index is 682. The minimum absolute atomic E-state index is 0.291. The molecule has 0 bridgehead atoms. The van der Waals surface area contributed by atoms with Gasteiger partial charge in [0, 0.05) is 5.39 Å². The van der Waals surface area contributed by atoms with Gasteiger partial charge in [-0.15, -0.1) is 0 Å². The van der Waals surface area contributed by atoms with Crippen molar-refractivity contribution >= 4 is 16.9 Å². The van der Waals surface area contributed by atoms with Gasteiger partial charge in [-0.2, -0.15) is 0 Å². The van der Waals surface area contributed by atoms with Gasteiger partial charge in [0.1, 0.15) is 21.8 Å². The molecule has 0 spiro atoms. The normalized spacial score (nSPS) is 10.8. The van der Waals surface area contributed by atoms with E-state index in [1.165, 1.54) is 6.26 Å². The largest absolute Gasteiger partial charge is 0.464 e. The number of benzene rings is 1. The van der Waals surface area contributed by atoms with E-state index in [4.69, 9.17) is 8.83 Å². The lowest BCUT2D eigenvalue weighted by Gasteiger charge is -1.91. The number of furan rings is 2. The van der Waals surface area contributed by atoms with Gasteiger partial charge in [0.15, 0.2) is 0 Å². The minimum Gasteiger partial charge on any atom is -0.464 e. The standard InChI is InChI=1S/C12H7NO4/c14-13(15)12-11(10-6-3-7-16-10)8-4-1-2-5-9(8)17-12/h1-7H. The highest BCUT2D eigenvalue weighted by molar-refractivity contribution is 5.97. The Hall–Kier alpha value is -2.56. The number of nitro groups is 1. The topological polar surface area (TPSA) is 69.4 Å². The number of para-hydroxylation sites is 1. The third-order valence-corrected chi connectivity index (χ3v) is 2.51. The summed E-state index contributed by atoms with van der Waals surface area (Å²) in [6.45, 7) is 0. The Labute approximate surface area is 95.4 Å². The van der Waals surface area contributed by atoms with E-state index in [2.05, 4.69) is 0 Å². The smallest absolute Gasteiger partial charge is 0.445 e. The molecule has 0 saturated heterocycles. The third kappa shape index (κ3) is 1.40. The molecule has 0 saturated carbocycles. The molecule has 17 heavy (non-hydrogen) atoms. The molecule has 0 radical (unpaired) electrons. The molecule has 0 aliphatic carbocycles. The van der Waals surface area contributed by atoms with Crippen LogP contribution in [-0.4, -0.2) is 4.92 Å². The van der Waals surface area contributed by atoms with Crippen molar-refractivity contribution in [2.24, 2.45) is 0 Å². The molecule has 0 aliphatic heterocycles. The maximum atomic E-state index is 11.0. The fraction of sp³-hybridized carbons (Fsp3) is 0. The van der Waals surface area contributed by atoms with E-state index in [0.717, 1.165) is 0 Å². The van der Waals surface area contributed by atoms with E-state index >= 15 is 0 Å². The van der Waals surface area contributed by atoms with Crippen LogP contribution in [0.2, 0.25) is 0 Å². The maximum absolute atomic E-state index is 11.0. The first-order valence-corrected chi connectivity index (χ1v) is 4.97. The Morgan fingerprint density at radius 1 is 1.12 bits per heavy atom. The summed E-state index contributed by atoms with van der Waals surface area (Å²) in [5, 5.41) is 11.6. The fourth-order valence-electron chi connectivity index (χ4n) is 1.82. The molecule has 0 N–H and O–H groups in total. The van der Waals surface area contributed by atoms with Gasteiger partial charge in [0.25, 0.3) is 0 Å². The van der Waals surface area contributed by atoms with Gasteiger partial charge in [-0.3, -0.25) is 10.1 Å². The van der Waals surface area contributed by atoms with Crippen LogP contribution >= 0.6 is 0 Å². The first kappa shape index (κ1) is 9.65. The summed E-state index contributed by atoms with van der Waals surface area (Å²) in [6, 6.07) is 10.4. The lowest BCUT2D eigenvalue weighted by atomic mass is 10.1. The van der Waals surface area contributed by atoms with Crippen LogP contribution in [0.4, 0.5) is 5.88 Å². The monoisotopic (exact) mass is 229 g/mol. The summed E-state index contributed by atoms with van der Waals surface area (Å²) in [5.41, 5.74) is 0.862. The molecule has 5 nitrogen and oxygen atoms in total. The van der Waals surface area contributed by atoms with Crippen LogP contribution in [0.25, 0.3) is 22.3 Å². The second-order valence-electron chi connectivity index (χ2n) is 3.51. The van der Waals surface area contributed by atoms with E-state index in [0.29, 0.717) is 22.3 Å². The molecule has 0 atom stereocenters. The van der Waals surface area contributed by atoms with E-state index in [9.17, 15) is 10.1 Å². The predicted molar refractivity (Wildman–Crippen MR) is 60.6 cm³/mol. The Kier molecular flexibility index (Phi) is 1.98. The van der Waals surface area contributed by atoms with Crippen molar-refractivity contribution < 1.29 is 13.8 Å². The highest BCUT2D eigenvalue weighted by Gasteiger charge is 2.26. The Morgan fingerprint density at radius 3 is 2.65 bits per heavy atom. The lowest BCUT2D eigenvalue weighted by Crippen LogP contribution is -1.87. The third-order valence-electron chi connectivity index (χ3n) is 2.51. The molecule has 3 aromatic rings. The van der Waals surface area contributed by atoms with Crippen molar-refractivity contribution in [3.63, 3.8) is 0 Å². The summed E-state index contributed by atoms with van der Waals surface area (Å²) in [5.74, 6) is 0.141. The van der Waals surface area contributed by atoms with Crippen LogP contribution in [-0.2, 0) is 0 Å². The SMILES string of the molecule is O=[N+]([O-])c1oc2ccccc2c1-c1ccco1. The summed E-state index contributed by atoms with van der Waals surface area (Å²) in [7, 11) is 0. The second kappa shape index (κ2) is 3.48. The van der Waals surface area contributed by atoms with Gasteiger partial charge in [0.2, 0.25) is 0 Å². The molecule has 3 rings (SSSR count). The van der Waals surface area contributed by atoms with Crippen molar-refractivity contribution in [1.82, 2.24) is 0 Å². The minimum atomic E-state index is -0.544. The van der Waals surface area contributed by atoms with Gasteiger partial charge in [-0.25, -0.2) is 0 Å². The van der Waals surface area contributed by atoms with Gasteiger partial charge >= 0.3 is 5.88 Å². The van der Waals surface area contributed by atoms with E-state index in [1.54, 1.807) is 36.4 Å². The van der Waals surface area contributed by atoms with E-state index < -0.39 is 4.92 Å². The number of fused-ring (bicyclic) bond motifs is 1. The van der Waals surface area contributed by atoms with Gasteiger partial charge in [0.05, 0.1) is 6.26 Å². The second-order valence-corrected chi connectivity index (χ2v) is 3.51. The summed E-state index contributed by atoms with van der Waals surface area (Å²) in [4.78, 5) is 10.4. The first-order valence-electron chi connectivity index (χ1n) is 4.97. The zero-order chi connectivity index (χ0) is 11.8. The molecule has 5 heteroatoms. The molecule has 0 aliphatic rings. The van der Waals surface area contributed by atoms with Crippen LogP contribution < -0.4 is 0 Å². The highest BCUT2D eigenvalue weighted by Crippen LogP contribution is 2.39. The molecule has 0 unspecified atom stereocenters. The van der Waals surface area contributed by atoms with Crippen molar-refractivity contribution in [3.8, 4) is 11.3 Å². The van der Waals surface area contributed by atoms with E-state index in [1.807, 2.05) is 0 Å². The van der Waals surface area contributed by atoms with Gasteiger partial charge in [-0.05, 0) is 18.2 Å². The molecule has 84 valence electrons. The zero-order valence-corrected chi connectivity index (χ0v) is 8.62. The quantitative estimate of drug-likeness (QED) is 0.497. The molecular weight excluding hydrogens is 222 g/mol.